The lowest BCUT2D eigenvalue weighted by Gasteiger charge is -2.36. The van der Waals surface area contributed by atoms with Crippen LogP contribution in [-0.2, 0) is 29.7 Å². The first-order valence-corrected chi connectivity index (χ1v) is 17.7. The minimum atomic E-state index is -0.378. The number of benzene rings is 2. The monoisotopic (exact) mass is 704 g/mol. The first-order chi connectivity index (χ1) is 25.0. The lowest BCUT2D eigenvalue weighted by atomic mass is 9.97. The molecule has 270 valence electrons. The van der Waals surface area contributed by atoms with Crippen molar-refractivity contribution >= 4 is 29.0 Å². The highest BCUT2D eigenvalue weighted by Gasteiger charge is 2.25. The molecule has 0 aliphatic carbocycles. The molecule has 7 rings (SSSR count). The molecule has 2 aliphatic heterocycles. The van der Waals surface area contributed by atoms with Gasteiger partial charge in [0.15, 0.2) is 0 Å². The van der Waals surface area contributed by atoms with Gasteiger partial charge < -0.3 is 19.6 Å². The molecule has 0 saturated carbocycles. The Balaban J connectivity index is 0.915. The molecule has 5 aromatic rings. The molecule has 2 aliphatic rings. The molecule has 52 heavy (non-hydrogen) atoms. The Hall–Kier alpha value is -5.63. The number of amides is 4. The SMILES string of the molecule is Cc1cc(-c2ncnn3cc(CCN4CCN(c5ccc(CN6CCC(=O)NC6=O)cc5)CC4)cc23)ccc1CNC(=O)c1noc(C(C)(C)C)n1. The molecule has 2 aromatic carbocycles. The largest absolute Gasteiger partial charge is 0.369 e. The van der Waals surface area contributed by atoms with E-state index >= 15 is 0 Å². The highest BCUT2D eigenvalue weighted by atomic mass is 16.5. The molecule has 0 bridgehead atoms. The third-order valence-corrected chi connectivity index (χ3v) is 9.69. The van der Waals surface area contributed by atoms with Gasteiger partial charge in [0.05, 0.1) is 11.2 Å². The number of rotatable bonds is 10. The molecule has 0 spiro atoms. The van der Waals surface area contributed by atoms with Crippen molar-refractivity contribution in [2.24, 2.45) is 0 Å². The van der Waals surface area contributed by atoms with Crippen LogP contribution in [0.2, 0.25) is 0 Å². The van der Waals surface area contributed by atoms with Crippen molar-refractivity contribution < 1.29 is 18.9 Å². The van der Waals surface area contributed by atoms with Crippen LogP contribution in [0, 0.1) is 6.92 Å². The van der Waals surface area contributed by atoms with Crippen molar-refractivity contribution in [3.63, 3.8) is 0 Å². The van der Waals surface area contributed by atoms with Crippen molar-refractivity contribution in [2.75, 3.05) is 44.2 Å². The summed E-state index contributed by atoms with van der Waals surface area (Å²) in [5, 5.41) is 13.6. The van der Waals surface area contributed by atoms with Crippen LogP contribution < -0.4 is 15.5 Å². The number of urea groups is 1. The second kappa shape index (κ2) is 14.5. The number of imide groups is 1. The number of piperazine rings is 1. The van der Waals surface area contributed by atoms with E-state index in [4.69, 9.17) is 4.52 Å². The third kappa shape index (κ3) is 7.81. The summed E-state index contributed by atoms with van der Waals surface area (Å²) in [6, 6.07) is 16.4. The summed E-state index contributed by atoms with van der Waals surface area (Å²) in [6.07, 6.45) is 4.92. The van der Waals surface area contributed by atoms with Crippen LogP contribution >= 0.6 is 0 Å². The van der Waals surface area contributed by atoms with E-state index in [1.54, 1.807) is 11.2 Å². The van der Waals surface area contributed by atoms with Gasteiger partial charge in [0.2, 0.25) is 11.8 Å². The van der Waals surface area contributed by atoms with Crippen molar-refractivity contribution in [3.8, 4) is 11.3 Å². The van der Waals surface area contributed by atoms with E-state index in [1.807, 2.05) is 44.3 Å². The zero-order chi connectivity index (χ0) is 36.4. The number of nitrogens with zero attached hydrogens (tertiary/aromatic N) is 8. The summed E-state index contributed by atoms with van der Waals surface area (Å²) in [6.45, 7) is 13.9. The Kier molecular flexibility index (Phi) is 9.73. The van der Waals surface area contributed by atoms with Gasteiger partial charge in [-0.05, 0) is 59.9 Å². The maximum atomic E-state index is 12.7. The van der Waals surface area contributed by atoms with Gasteiger partial charge in [-0.2, -0.15) is 10.1 Å². The zero-order valence-corrected chi connectivity index (χ0v) is 30.1. The smallest absolute Gasteiger partial charge is 0.324 e. The molecule has 5 heterocycles. The van der Waals surface area contributed by atoms with Gasteiger partial charge >= 0.3 is 6.03 Å². The topological polar surface area (TPSA) is 154 Å². The summed E-state index contributed by atoms with van der Waals surface area (Å²) in [5.74, 6) is -0.142. The first kappa shape index (κ1) is 34.8. The third-order valence-electron chi connectivity index (χ3n) is 9.69. The van der Waals surface area contributed by atoms with E-state index in [1.165, 1.54) is 11.3 Å². The number of nitrogens with one attached hydrogen (secondary N) is 2. The molecular formula is C38H44N10O4. The zero-order valence-electron chi connectivity index (χ0n) is 30.1. The molecule has 0 radical (unpaired) electrons. The molecular weight excluding hydrogens is 660 g/mol. The molecule has 0 unspecified atom stereocenters. The van der Waals surface area contributed by atoms with Crippen LogP contribution in [0.4, 0.5) is 10.5 Å². The van der Waals surface area contributed by atoms with Gasteiger partial charge in [0.1, 0.15) is 6.33 Å². The molecule has 14 nitrogen and oxygen atoms in total. The van der Waals surface area contributed by atoms with E-state index in [-0.39, 0.29) is 29.1 Å². The lowest BCUT2D eigenvalue weighted by Crippen LogP contribution is -2.48. The molecule has 0 atom stereocenters. The van der Waals surface area contributed by atoms with E-state index in [0.29, 0.717) is 31.9 Å². The Labute approximate surface area is 302 Å². The van der Waals surface area contributed by atoms with Crippen LogP contribution in [0.3, 0.4) is 0 Å². The summed E-state index contributed by atoms with van der Waals surface area (Å²) in [7, 11) is 0. The predicted octanol–water partition coefficient (Wildman–Crippen LogP) is 4.12. The van der Waals surface area contributed by atoms with Crippen LogP contribution in [0.5, 0.6) is 0 Å². The first-order valence-electron chi connectivity index (χ1n) is 17.7. The number of hydrogen-bond donors (Lipinski definition) is 2. The molecule has 14 heteroatoms. The standard InChI is InChI=1S/C38H44N10O4/c1-25-19-28(7-8-29(25)21-39-35(50)34-43-36(52-44-34)38(2,3)4)33-31-20-27(23-48(31)41-24-40-33)11-13-45-15-17-46(18-16-45)30-9-5-26(6-10-30)22-47-14-12-32(49)42-37(47)51/h5-10,19-20,23-24H,11-18,21-22H2,1-4H3,(H,39,50)(H,42,49,51). The van der Waals surface area contributed by atoms with Gasteiger partial charge in [0, 0.05) is 81.6 Å². The van der Waals surface area contributed by atoms with E-state index in [2.05, 4.69) is 83.3 Å². The minimum Gasteiger partial charge on any atom is -0.369 e. The maximum absolute atomic E-state index is 12.7. The fourth-order valence-electron chi connectivity index (χ4n) is 6.56. The maximum Gasteiger partial charge on any atom is 0.324 e. The number of aryl methyl sites for hydroxylation is 1. The second-order valence-electron chi connectivity index (χ2n) is 14.6. The molecule has 2 N–H and O–H groups in total. The van der Waals surface area contributed by atoms with Gasteiger partial charge in [-0.15, -0.1) is 0 Å². The number of hydrogen-bond acceptors (Lipinski definition) is 10. The normalized spacial score (nSPS) is 15.7. The number of anilines is 1. The number of carbonyl (C=O) groups is 3. The van der Waals surface area contributed by atoms with E-state index in [0.717, 1.165) is 72.6 Å². The minimum absolute atomic E-state index is 0.0277. The Bertz CT molecular complexity index is 2090. The summed E-state index contributed by atoms with van der Waals surface area (Å²) < 4.78 is 7.16. The fraction of sp³-hybridized carbons (Fsp3) is 0.395. The van der Waals surface area contributed by atoms with Gasteiger partial charge in [-0.1, -0.05) is 50.2 Å². The van der Waals surface area contributed by atoms with Gasteiger partial charge in [-0.3, -0.25) is 19.8 Å². The van der Waals surface area contributed by atoms with Crippen LogP contribution in [0.15, 0.2) is 65.6 Å². The summed E-state index contributed by atoms with van der Waals surface area (Å²) >= 11 is 0. The van der Waals surface area contributed by atoms with Crippen molar-refractivity contribution in [2.45, 2.75) is 59.0 Å². The quantitative estimate of drug-likeness (QED) is 0.217. The predicted molar refractivity (Wildman–Crippen MR) is 195 cm³/mol. The average Bonchev–Trinajstić information content (AvgIpc) is 3.80. The summed E-state index contributed by atoms with van der Waals surface area (Å²) in [5.41, 5.74) is 7.91. The van der Waals surface area contributed by atoms with Crippen LogP contribution in [0.25, 0.3) is 16.8 Å². The fourth-order valence-corrected chi connectivity index (χ4v) is 6.56. The highest BCUT2D eigenvalue weighted by Crippen LogP contribution is 2.26. The Morgan fingerprint density at radius 3 is 2.48 bits per heavy atom. The Morgan fingerprint density at radius 2 is 1.77 bits per heavy atom. The number of aromatic nitrogens is 5. The Morgan fingerprint density at radius 1 is 0.981 bits per heavy atom. The van der Waals surface area contributed by atoms with Crippen molar-refractivity contribution in [1.29, 1.82) is 0 Å². The lowest BCUT2D eigenvalue weighted by molar-refractivity contribution is -0.121. The van der Waals surface area contributed by atoms with Crippen molar-refractivity contribution in [1.82, 2.24) is 45.2 Å². The average molecular weight is 705 g/mol. The number of carbonyl (C=O) groups excluding carboxylic acids is 3. The summed E-state index contributed by atoms with van der Waals surface area (Å²) in [4.78, 5) is 51.7. The molecule has 2 saturated heterocycles. The van der Waals surface area contributed by atoms with Crippen LogP contribution in [0.1, 0.15) is 66.0 Å². The van der Waals surface area contributed by atoms with Gasteiger partial charge in [0.25, 0.3) is 11.7 Å². The molecule has 3 aromatic heterocycles. The molecule has 2 fully saturated rings. The number of fused-ring (bicyclic) bond motifs is 1. The second-order valence-corrected chi connectivity index (χ2v) is 14.6. The van der Waals surface area contributed by atoms with Crippen LogP contribution in [-0.4, -0.2) is 91.7 Å². The van der Waals surface area contributed by atoms with E-state index in [9.17, 15) is 14.4 Å². The van der Waals surface area contributed by atoms with Gasteiger partial charge in [-0.25, -0.2) is 14.3 Å². The highest BCUT2D eigenvalue weighted by molar-refractivity contribution is 5.96. The van der Waals surface area contributed by atoms with Crippen molar-refractivity contribution in [3.05, 3.63) is 95.0 Å². The molecule has 4 amide bonds. The van der Waals surface area contributed by atoms with E-state index < -0.39 is 0 Å².